The first-order valence-corrected chi connectivity index (χ1v) is 4.79. The molecule has 0 aromatic carbocycles. The standard InChI is InChI=1S/C10H22N2/c1-9(2)6-7-12(5)8-10(3,4)11-9/h11H,6-8H2,1-5H3. The van der Waals surface area contributed by atoms with Gasteiger partial charge in [-0.3, -0.25) is 0 Å². The second-order valence-corrected chi connectivity index (χ2v) is 5.38. The van der Waals surface area contributed by atoms with Gasteiger partial charge in [-0.15, -0.1) is 0 Å². The number of nitrogens with zero attached hydrogens (tertiary/aromatic N) is 1. The average Bonchev–Trinajstić information content (AvgIpc) is 1.86. The summed E-state index contributed by atoms with van der Waals surface area (Å²) >= 11 is 0. The summed E-state index contributed by atoms with van der Waals surface area (Å²) in [7, 11) is 2.20. The normalized spacial score (nSPS) is 29.8. The SMILES string of the molecule is CN1CCC(C)(C)NC(C)(C)C1. The molecule has 1 heterocycles. The molecule has 0 bridgehead atoms. The van der Waals surface area contributed by atoms with E-state index in [-0.39, 0.29) is 11.1 Å². The van der Waals surface area contributed by atoms with Gasteiger partial charge in [0.05, 0.1) is 0 Å². The van der Waals surface area contributed by atoms with E-state index < -0.39 is 0 Å². The van der Waals surface area contributed by atoms with Crippen molar-refractivity contribution in [3.8, 4) is 0 Å². The Morgan fingerprint density at radius 3 is 2.25 bits per heavy atom. The van der Waals surface area contributed by atoms with Crippen molar-refractivity contribution in [2.24, 2.45) is 0 Å². The zero-order chi connectivity index (χ0) is 9.41. The molecular weight excluding hydrogens is 148 g/mol. The van der Waals surface area contributed by atoms with E-state index in [0.717, 1.165) is 6.54 Å². The predicted molar refractivity (Wildman–Crippen MR) is 53.4 cm³/mol. The Labute approximate surface area is 76.3 Å². The van der Waals surface area contributed by atoms with Gasteiger partial charge in [-0.05, 0) is 47.7 Å². The zero-order valence-corrected chi connectivity index (χ0v) is 9.07. The van der Waals surface area contributed by atoms with Gasteiger partial charge in [0.15, 0.2) is 0 Å². The molecule has 0 spiro atoms. The van der Waals surface area contributed by atoms with Crippen LogP contribution in [0.1, 0.15) is 34.1 Å². The maximum Gasteiger partial charge on any atom is 0.0256 e. The van der Waals surface area contributed by atoms with Crippen LogP contribution in [0.15, 0.2) is 0 Å². The Bertz CT molecular complexity index is 161. The highest BCUT2D eigenvalue weighted by Gasteiger charge is 2.31. The van der Waals surface area contributed by atoms with Crippen LogP contribution < -0.4 is 5.32 Å². The van der Waals surface area contributed by atoms with Gasteiger partial charge < -0.3 is 10.2 Å². The number of rotatable bonds is 0. The summed E-state index contributed by atoms with van der Waals surface area (Å²) in [6.07, 6.45) is 1.23. The molecule has 2 nitrogen and oxygen atoms in total. The van der Waals surface area contributed by atoms with Gasteiger partial charge in [0.25, 0.3) is 0 Å². The summed E-state index contributed by atoms with van der Waals surface area (Å²) in [5.41, 5.74) is 0.531. The average molecular weight is 170 g/mol. The van der Waals surface area contributed by atoms with Crippen LogP contribution in [-0.2, 0) is 0 Å². The van der Waals surface area contributed by atoms with Gasteiger partial charge >= 0.3 is 0 Å². The molecule has 1 N–H and O–H groups in total. The highest BCUT2D eigenvalue weighted by Crippen LogP contribution is 2.19. The Hall–Kier alpha value is -0.0800. The van der Waals surface area contributed by atoms with E-state index in [4.69, 9.17) is 0 Å². The topological polar surface area (TPSA) is 15.3 Å². The van der Waals surface area contributed by atoms with Crippen molar-refractivity contribution in [3.05, 3.63) is 0 Å². The molecular formula is C10H22N2. The van der Waals surface area contributed by atoms with Crippen molar-refractivity contribution in [1.29, 1.82) is 0 Å². The van der Waals surface area contributed by atoms with Gasteiger partial charge in [-0.2, -0.15) is 0 Å². The second kappa shape index (κ2) is 3.00. The molecule has 0 aromatic heterocycles. The third kappa shape index (κ3) is 2.76. The molecule has 0 amide bonds. The molecule has 0 aromatic rings. The largest absolute Gasteiger partial charge is 0.306 e. The van der Waals surface area contributed by atoms with E-state index >= 15 is 0 Å². The van der Waals surface area contributed by atoms with Crippen LogP contribution in [0.4, 0.5) is 0 Å². The van der Waals surface area contributed by atoms with E-state index in [0.29, 0.717) is 0 Å². The first-order chi connectivity index (χ1) is 5.31. The van der Waals surface area contributed by atoms with Crippen LogP contribution in [-0.4, -0.2) is 36.1 Å². The third-order valence-corrected chi connectivity index (χ3v) is 2.46. The lowest BCUT2D eigenvalue weighted by Crippen LogP contribution is -2.53. The molecule has 0 unspecified atom stereocenters. The van der Waals surface area contributed by atoms with Crippen molar-refractivity contribution in [3.63, 3.8) is 0 Å². The molecule has 1 aliphatic rings. The summed E-state index contributed by atoms with van der Waals surface area (Å²) in [4.78, 5) is 2.40. The van der Waals surface area contributed by atoms with E-state index in [2.05, 4.69) is 45.0 Å². The quantitative estimate of drug-likeness (QED) is 0.592. The third-order valence-electron chi connectivity index (χ3n) is 2.46. The molecule has 0 aliphatic carbocycles. The Kier molecular flexibility index (Phi) is 2.50. The highest BCUT2D eigenvalue weighted by molar-refractivity contribution is 4.93. The van der Waals surface area contributed by atoms with Crippen LogP contribution >= 0.6 is 0 Å². The summed E-state index contributed by atoms with van der Waals surface area (Å²) in [5, 5.41) is 3.68. The maximum absolute atomic E-state index is 3.68. The van der Waals surface area contributed by atoms with Crippen molar-refractivity contribution in [2.75, 3.05) is 20.1 Å². The molecule has 0 atom stereocenters. The minimum Gasteiger partial charge on any atom is -0.306 e. The maximum atomic E-state index is 3.68. The van der Waals surface area contributed by atoms with E-state index in [1.54, 1.807) is 0 Å². The molecule has 12 heavy (non-hydrogen) atoms. The minimum atomic E-state index is 0.245. The number of hydrogen-bond donors (Lipinski definition) is 1. The van der Waals surface area contributed by atoms with Crippen molar-refractivity contribution in [2.45, 2.75) is 45.2 Å². The second-order valence-electron chi connectivity index (χ2n) is 5.38. The number of hydrogen-bond acceptors (Lipinski definition) is 2. The van der Waals surface area contributed by atoms with E-state index in [1.807, 2.05) is 0 Å². The molecule has 1 aliphatic heterocycles. The van der Waals surface area contributed by atoms with Gasteiger partial charge in [0.1, 0.15) is 0 Å². The molecule has 1 saturated heterocycles. The van der Waals surface area contributed by atoms with Crippen molar-refractivity contribution in [1.82, 2.24) is 10.2 Å². The molecule has 2 heteroatoms. The van der Waals surface area contributed by atoms with Crippen LogP contribution in [0.2, 0.25) is 0 Å². The van der Waals surface area contributed by atoms with Crippen LogP contribution in [0.25, 0.3) is 0 Å². The van der Waals surface area contributed by atoms with E-state index in [1.165, 1.54) is 13.0 Å². The molecule has 0 radical (unpaired) electrons. The lowest BCUT2D eigenvalue weighted by molar-refractivity contribution is 0.252. The van der Waals surface area contributed by atoms with Crippen LogP contribution in [0.3, 0.4) is 0 Å². The predicted octanol–water partition coefficient (Wildman–Crippen LogP) is 1.47. The fourth-order valence-corrected chi connectivity index (χ4v) is 2.24. The van der Waals surface area contributed by atoms with Gasteiger partial charge in [0, 0.05) is 17.6 Å². The van der Waals surface area contributed by atoms with Crippen molar-refractivity contribution >= 4 is 0 Å². The van der Waals surface area contributed by atoms with Gasteiger partial charge in [0.2, 0.25) is 0 Å². The summed E-state index contributed by atoms with van der Waals surface area (Å²) in [5.74, 6) is 0. The van der Waals surface area contributed by atoms with Gasteiger partial charge in [-0.25, -0.2) is 0 Å². The number of likely N-dealkylation sites (N-methyl/N-ethyl adjacent to an activating group) is 1. The Morgan fingerprint density at radius 1 is 1.08 bits per heavy atom. The lowest BCUT2D eigenvalue weighted by Gasteiger charge is -2.34. The molecule has 72 valence electrons. The number of nitrogens with one attached hydrogen (secondary N) is 1. The molecule has 1 rings (SSSR count). The first-order valence-electron chi connectivity index (χ1n) is 4.79. The monoisotopic (exact) mass is 170 g/mol. The zero-order valence-electron chi connectivity index (χ0n) is 9.07. The minimum absolute atomic E-state index is 0.245. The van der Waals surface area contributed by atoms with Crippen LogP contribution in [0.5, 0.6) is 0 Å². The van der Waals surface area contributed by atoms with Crippen LogP contribution in [0, 0.1) is 0 Å². The smallest absolute Gasteiger partial charge is 0.0256 e. The summed E-state index contributed by atoms with van der Waals surface area (Å²) in [6.45, 7) is 11.5. The highest BCUT2D eigenvalue weighted by atomic mass is 15.2. The van der Waals surface area contributed by atoms with E-state index in [9.17, 15) is 0 Å². The Morgan fingerprint density at radius 2 is 1.67 bits per heavy atom. The molecule has 1 fully saturated rings. The summed E-state index contributed by atoms with van der Waals surface area (Å²) in [6, 6.07) is 0. The lowest BCUT2D eigenvalue weighted by atomic mass is 9.96. The molecule has 0 saturated carbocycles. The van der Waals surface area contributed by atoms with Gasteiger partial charge in [-0.1, -0.05) is 0 Å². The Balaban J connectivity index is 2.69. The van der Waals surface area contributed by atoms with Crippen molar-refractivity contribution < 1.29 is 0 Å². The first kappa shape index (κ1) is 10.0. The fraction of sp³-hybridized carbons (Fsp3) is 1.00. The fourth-order valence-electron chi connectivity index (χ4n) is 2.24. The summed E-state index contributed by atoms with van der Waals surface area (Å²) < 4.78 is 0.